The van der Waals surface area contributed by atoms with Gasteiger partial charge in [0, 0.05) is 18.3 Å². The predicted molar refractivity (Wildman–Crippen MR) is 114 cm³/mol. The van der Waals surface area contributed by atoms with E-state index in [9.17, 15) is 14.4 Å². The van der Waals surface area contributed by atoms with Gasteiger partial charge in [-0.2, -0.15) is 5.26 Å². The largest absolute Gasteiger partial charge is 0.310 e. The van der Waals surface area contributed by atoms with E-state index < -0.39 is 5.91 Å². The minimum atomic E-state index is -0.507. The summed E-state index contributed by atoms with van der Waals surface area (Å²) in [4.78, 5) is 43.0. The fraction of sp³-hybridized carbons (Fsp3) is 0.318. The maximum absolute atomic E-state index is 12.5. The number of rotatable bonds is 5. The lowest BCUT2D eigenvalue weighted by molar-refractivity contribution is -0.126. The van der Waals surface area contributed by atoms with Gasteiger partial charge in [0.25, 0.3) is 11.8 Å². The van der Waals surface area contributed by atoms with Crippen LogP contribution in [0.3, 0.4) is 0 Å². The molecule has 0 spiro atoms. The summed E-state index contributed by atoms with van der Waals surface area (Å²) in [7, 11) is 0. The van der Waals surface area contributed by atoms with Crippen molar-refractivity contribution in [1.29, 1.82) is 5.26 Å². The quantitative estimate of drug-likeness (QED) is 0.627. The molecule has 160 valence electrons. The van der Waals surface area contributed by atoms with Crippen molar-refractivity contribution in [2.45, 2.75) is 19.8 Å². The number of carbonyl (C=O) groups is 3. The molecule has 1 saturated heterocycles. The first-order valence-corrected chi connectivity index (χ1v) is 10.00. The highest BCUT2D eigenvalue weighted by Crippen LogP contribution is 2.18. The van der Waals surface area contributed by atoms with E-state index >= 15 is 0 Å². The highest BCUT2D eigenvalue weighted by atomic mass is 16.2. The van der Waals surface area contributed by atoms with Gasteiger partial charge < -0.3 is 5.32 Å². The van der Waals surface area contributed by atoms with E-state index in [4.69, 9.17) is 5.26 Å². The van der Waals surface area contributed by atoms with Gasteiger partial charge in [0.2, 0.25) is 5.91 Å². The van der Waals surface area contributed by atoms with Crippen molar-refractivity contribution < 1.29 is 14.4 Å². The van der Waals surface area contributed by atoms with Crippen LogP contribution >= 0.6 is 0 Å². The van der Waals surface area contributed by atoms with Crippen LogP contribution in [-0.2, 0) is 9.59 Å². The van der Waals surface area contributed by atoms with Gasteiger partial charge in [0.1, 0.15) is 5.82 Å². The zero-order valence-corrected chi connectivity index (χ0v) is 17.2. The molecule has 0 saturated carbocycles. The Hall–Kier alpha value is -3.77. The molecule has 31 heavy (non-hydrogen) atoms. The summed E-state index contributed by atoms with van der Waals surface area (Å²) in [6, 6.07) is 11.8. The molecule has 0 unspecified atom stereocenters. The molecule has 9 heteroatoms. The number of likely N-dealkylation sites (tertiary alicyclic amines) is 1. The smallest absolute Gasteiger partial charge is 0.269 e. The highest BCUT2D eigenvalue weighted by Gasteiger charge is 2.27. The third-order valence-electron chi connectivity index (χ3n) is 4.98. The highest BCUT2D eigenvalue weighted by molar-refractivity contribution is 5.96. The summed E-state index contributed by atoms with van der Waals surface area (Å²) in [6.07, 6.45) is 3.22. The van der Waals surface area contributed by atoms with Crippen molar-refractivity contribution in [3.8, 4) is 6.07 Å². The molecule has 9 nitrogen and oxygen atoms in total. The summed E-state index contributed by atoms with van der Waals surface area (Å²) in [5.74, 6) is -0.744. The Morgan fingerprint density at radius 3 is 2.81 bits per heavy atom. The molecule has 1 atom stereocenters. The Kier molecular flexibility index (Phi) is 7.30. The van der Waals surface area contributed by atoms with E-state index in [0.29, 0.717) is 24.5 Å². The Labute approximate surface area is 180 Å². The first-order chi connectivity index (χ1) is 14.9. The van der Waals surface area contributed by atoms with Crippen molar-refractivity contribution >= 4 is 23.5 Å². The average Bonchev–Trinajstić information content (AvgIpc) is 2.79. The fourth-order valence-electron chi connectivity index (χ4n) is 3.35. The van der Waals surface area contributed by atoms with Crippen LogP contribution in [0, 0.1) is 24.2 Å². The van der Waals surface area contributed by atoms with Gasteiger partial charge >= 0.3 is 0 Å². The summed E-state index contributed by atoms with van der Waals surface area (Å²) in [5, 5.41) is 11.7. The maximum atomic E-state index is 12.5. The lowest BCUT2D eigenvalue weighted by Gasteiger charge is -2.31. The maximum Gasteiger partial charge on any atom is 0.269 e. The molecule has 0 aliphatic carbocycles. The SMILES string of the molecule is Cc1ccc(NC(=O)[C@H]2CCCN(CC(=O)NNC(=O)c3cccc(C#N)c3)C2)nc1. The van der Waals surface area contributed by atoms with Crippen LogP contribution in [0.4, 0.5) is 5.82 Å². The van der Waals surface area contributed by atoms with Gasteiger partial charge in [-0.25, -0.2) is 4.98 Å². The fourth-order valence-corrected chi connectivity index (χ4v) is 3.35. The molecule has 2 aromatic rings. The van der Waals surface area contributed by atoms with Crippen LogP contribution in [0.2, 0.25) is 0 Å². The van der Waals surface area contributed by atoms with E-state index in [1.807, 2.05) is 24.0 Å². The first-order valence-electron chi connectivity index (χ1n) is 10.00. The van der Waals surface area contributed by atoms with Gasteiger partial charge in [-0.1, -0.05) is 12.1 Å². The van der Waals surface area contributed by atoms with Crippen molar-refractivity contribution in [1.82, 2.24) is 20.7 Å². The Morgan fingerprint density at radius 2 is 2.06 bits per heavy atom. The first kappa shape index (κ1) is 21.9. The molecule has 1 aliphatic rings. The normalized spacial score (nSPS) is 16.1. The number of carbonyl (C=O) groups excluding carboxylic acids is 3. The second kappa shape index (κ2) is 10.3. The van der Waals surface area contributed by atoms with Gasteiger partial charge in [-0.3, -0.25) is 30.1 Å². The Balaban J connectivity index is 1.46. The van der Waals surface area contributed by atoms with Gasteiger partial charge in [-0.05, 0) is 56.1 Å². The molecule has 3 N–H and O–H groups in total. The number of piperidine rings is 1. The molecule has 0 radical (unpaired) electrons. The van der Waals surface area contributed by atoms with Crippen molar-refractivity contribution in [3.05, 3.63) is 59.3 Å². The lowest BCUT2D eigenvalue weighted by Crippen LogP contribution is -2.49. The number of nitrogens with one attached hydrogen (secondary N) is 3. The second-order valence-corrected chi connectivity index (χ2v) is 7.48. The topological polar surface area (TPSA) is 127 Å². The van der Waals surface area contributed by atoms with Crippen LogP contribution < -0.4 is 16.2 Å². The third kappa shape index (κ3) is 6.35. The number of hydrazine groups is 1. The van der Waals surface area contributed by atoms with E-state index in [1.54, 1.807) is 30.5 Å². The molecule has 2 heterocycles. The number of hydrogen-bond donors (Lipinski definition) is 3. The summed E-state index contributed by atoms with van der Waals surface area (Å²) < 4.78 is 0. The molecule has 1 aromatic carbocycles. The number of nitrogens with zero attached hydrogens (tertiary/aromatic N) is 3. The standard InChI is InChI=1S/C22H24N6O3/c1-15-7-8-19(24-12-15)25-21(30)18-6-3-9-28(13-18)14-20(29)26-27-22(31)17-5-2-4-16(10-17)11-23/h2,4-5,7-8,10,12,18H,3,6,9,13-14H2,1H3,(H,26,29)(H,27,31)(H,24,25,30)/t18-/m0/s1. The number of aryl methyl sites for hydroxylation is 1. The van der Waals surface area contributed by atoms with Crippen LogP contribution in [0.15, 0.2) is 42.6 Å². The van der Waals surface area contributed by atoms with Gasteiger partial charge in [0.05, 0.1) is 24.1 Å². The molecule has 3 rings (SSSR count). The molecular weight excluding hydrogens is 396 g/mol. The minimum Gasteiger partial charge on any atom is -0.310 e. The van der Waals surface area contributed by atoms with E-state index in [-0.39, 0.29) is 29.8 Å². The monoisotopic (exact) mass is 420 g/mol. The minimum absolute atomic E-state index is 0.0606. The summed E-state index contributed by atoms with van der Waals surface area (Å²) in [6.45, 7) is 3.13. The number of hydrogen-bond acceptors (Lipinski definition) is 6. The predicted octanol–water partition coefficient (Wildman–Crippen LogP) is 1.37. The second-order valence-electron chi connectivity index (χ2n) is 7.48. The average molecular weight is 420 g/mol. The van der Waals surface area contributed by atoms with Crippen molar-refractivity contribution in [2.75, 3.05) is 25.0 Å². The molecule has 1 aliphatic heterocycles. The third-order valence-corrected chi connectivity index (χ3v) is 4.98. The van der Waals surface area contributed by atoms with Crippen LogP contribution in [0.25, 0.3) is 0 Å². The molecular formula is C22H24N6O3. The number of aromatic nitrogens is 1. The van der Waals surface area contributed by atoms with Crippen molar-refractivity contribution in [3.63, 3.8) is 0 Å². The van der Waals surface area contributed by atoms with E-state index in [2.05, 4.69) is 21.2 Å². The molecule has 1 aromatic heterocycles. The van der Waals surface area contributed by atoms with Crippen molar-refractivity contribution in [2.24, 2.45) is 5.92 Å². The molecule has 3 amide bonds. The van der Waals surface area contributed by atoms with Crippen LogP contribution in [0.5, 0.6) is 0 Å². The van der Waals surface area contributed by atoms with Gasteiger partial charge in [0.15, 0.2) is 0 Å². The van der Waals surface area contributed by atoms with Crippen LogP contribution in [-0.4, -0.2) is 47.2 Å². The number of pyridine rings is 1. The van der Waals surface area contributed by atoms with Crippen LogP contribution in [0.1, 0.15) is 34.3 Å². The number of nitriles is 1. The zero-order valence-electron chi connectivity index (χ0n) is 17.2. The number of amides is 3. The van der Waals surface area contributed by atoms with E-state index in [0.717, 1.165) is 18.4 Å². The Morgan fingerprint density at radius 1 is 1.23 bits per heavy atom. The Bertz CT molecular complexity index is 999. The summed E-state index contributed by atoms with van der Waals surface area (Å²) in [5.41, 5.74) is 6.38. The lowest BCUT2D eigenvalue weighted by atomic mass is 9.97. The molecule has 0 bridgehead atoms. The number of benzene rings is 1. The van der Waals surface area contributed by atoms with E-state index in [1.165, 1.54) is 6.07 Å². The zero-order chi connectivity index (χ0) is 22.2. The number of anilines is 1. The van der Waals surface area contributed by atoms with Gasteiger partial charge in [-0.15, -0.1) is 0 Å². The molecule has 1 fully saturated rings. The summed E-state index contributed by atoms with van der Waals surface area (Å²) >= 11 is 0.